The van der Waals surface area contributed by atoms with Crippen molar-refractivity contribution < 1.29 is 9.13 Å². The molecule has 1 aromatic heterocycles. The molecule has 1 aliphatic rings. The van der Waals surface area contributed by atoms with E-state index in [1.54, 1.807) is 26.2 Å². The molecule has 0 unspecified atom stereocenters. The van der Waals surface area contributed by atoms with E-state index in [9.17, 15) is 4.39 Å². The summed E-state index contributed by atoms with van der Waals surface area (Å²) in [6.45, 7) is 6.49. The van der Waals surface area contributed by atoms with E-state index in [4.69, 9.17) is 4.74 Å². The van der Waals surface area contributed by atoms with Gasteiger partial charge in [-0.05, 0) is 57.8 Å². The molecule has 3 nitrogen and oxygen atoms in total. The van der Waals surface area contributed by atoms with Gasteiger partial charge in [0, 0.05) is 12.7 Å². The minimum atomic E-state index is -1.10. The van der Waals surface area contributed by atoms with Crippen molar-refractivity contribution in [1.82, 2.24) is 9.88 Å². The van der Waals surface area contributed by atoms with Gasteiger partial charge in [-0.15, -0.1) is 0 Å². The van der Waals surface area contributed by atoms with Crippen molar-refractivity contribution >= 4 is 0 Å². The summed E-state index contributed by atoms with van der Waals surface area (Å²) in [7, 11) is 0. The predicted molar refractivity (Wildman–Crippen MR) is 74.1 cm³/mol. The monoisotopic (exact) mass is 266 g/mol. The van der Waals surface area contributed by atoms with Crippen LogP contribution in [0.15, 0.2) is 24.5 Å². The number of likely N-dealkylation sites (tertiary alicyclic amines) is 1. The van der Waals surface area contributed by atoms with Gasteiger partial charge in [-0.1, -0.05) is 0 Å². The van der Waals surface area contributed by atoms with Crippen molar-refractivity contribution in [2.24, 2.45) is 5.92 Å². The molecule has 1 saturated heterocycles. The largest absolute Gasteiger partial charge is 0.492 e. The molecule has 0 bridgehead atoms. The van der Waals surface area contributed by atoms with E-state index in [2.05, 4.69) is 9.88 Å². The van der Waals surface area contributed by atoms with Gasteiger partial charge in [-0.2, -0.15) is 0 Å². The standard InChI is InChI=1S/C15H23FN2O/c1-15(2,16)12-18-8-5-13(6-9-18)11-19-14-4-3-7-17-10-14/h3-4,7,10,13H,5-6,8-9,11-12H2,1-2H3. The van der Waals surface area contributed by atoms with Crippen molar-refractivity contribution in [2.75, 3.05) is 26.2 Å². The second kappa shape index (κ2) is 6.33. The maximum Gasteiger partial charge on any atom is 0.137 e. The maximum absolute atomic E-state index is 13.6. The van der Waals surface area contributed by atoms with E-state index in [0.717, 1.165) is 38.3 Å². The van der Waals surface area contributed by atoms with Crippen molar-refractivity contribution in [3.05, 3.63) is 24.5 Å². The predicted octanol–water partition coefficient (Wildman–Crippen LogP) is 2.92. The average molecular weight is 266 g/mol. The van der Waals surface area contributed by atoms with Crippen LogP contribution in [0.5, 0.6) is 5.75 Å². The Hall–Kier alpha value is -1.16. The smallest absolute Gasteiger partial charge is 0.137 e. The summed E-state index contributed by atoms with van der Waals surface area (Å²) < 4.78 is 19.3. The summed E-state index contributed by atoms with van der Waals surface area (Å²) >= 11 is 0. The van der Waals surface area contributed by atoms with Gasteiger partial charge in [0.2, 0.25) is 0 Å². The molecule has 2 rings (SSSR count). The lowest BCUT2D eigenvalue weighted by Gasteiger charge is -2.34. The third-order valence-electron chi connectivity index (χ3n) is 3.43. The Morgan fingerprint density at radius 1 is 1.42 bits per heavy atom. The molecule has 1 aliphatic heterocycles. The summed E-state index contributed by atoms with van der Waals surface area (Å²) in [5.74, 6) is 1.40. The van der Waals surface area contributed by atoms with Gasteiger partial charge in [0.25, 0.3) is 0 Å². The summed E-state index contributed by atoms with van der Waals surface area (Å²) in [6.07, 6.45) is 5.64. The Labute approximate surface area is 114 Å². The van der Waals surface area contributed by atoms with E-state index in [1.807, 2.05) is 12.1 Å². The number of alkyl halides is 1. The zero-order valence-electron chi connectivity index (χ0n) is 11.8. The van der Waals surface area contributed by atoms with Gasteiger partial charge in [-0.25, -0.2) is 4.39 Å². The van der Waals surface area contributed by atoms with Gasteiger partial charge in [0.05, 0.1) is 12.8 Å². The van der Waals surface area contributed by atoms with Crippen LogP contribution >= 0.6 is 0 Å². The second-order valence-corrected chi connectivity index (χ2v) is 5.94. The van der Waals surface area contributed by atoms with E-state index in [0.29, 0.717) is 12.5 Å². The Kier molecular flexibility index (Phi) is 4.75. The number of hydrogen-bond acceptors (Lipinski definition) is 3. The molecule has 0 aromatic carbocycles. The van der Waals surface area contributed by atoms with Crippen LogP contribution in [-0.2, 0) is 0 Å². The molecule has 106 valence electrons. The van der Waals surface area contributed by atoms with Crippen LogP contribution in [0, 0.1) is 5.92 Å². The van der Waals surface area contributed by atoms with Crippen LogP contribution in [-0.4, -0.2) is 41.8 Å². The Bertz CT molecular complexity index is 369. The fraction of sp³-hybridized carbons (Fsp3) is 0.667. The number of hydrogen-bond donors (Lipinski definition) is 0. The first kappa shape index (κ1) is 14.3. The van der Waals surface area contributed by atoms with Crippen molar-refractivity contribution in [1.29, 1.82) is 0 Å². The first-order valence-electron chi connectivity index (χ1n) is 6.97. The van der Waals surface area contributed by atoms with Gasteiger partial charge in [-0.3, -0.25) is 4.98 Å². The number of ether oxygens (including phenoxy) is 1. The molecule has 0 spiro atoms. The normalized spacial score (nSPS) is 18.5. The SMILES string of the molecule is CC(C)(F)CN1CCC(COc2cccnc2)CC1. The third kappa shape index (κ3) is 5.15. The first-order valence-corrected chi connectivity index (χ1v) is 6.97. The van der Waals surface area contributed by atoms with Crippen LogP contribution < -0.4 is 4.74 Å². The van der Waals surface area contributed by atoms with Crippen LogP contribution in [0.1, 0.15) is 26.7 Å². The average Bonchev–Trinajstić information content (AvgIpc) is 2.37. The highest BCUT2D eigenvalue weighted by molar-refractivity contribution is 5.15. The zero-order chi connectivity index (χ0) is 13.7. The molecular formula is C15H23FN2O. The van der Waals surface area contributed by atoms with Gasteiger partial charge >= 0.3 is 0 Å². The Morgan fingerprint density at radius 3 is 2.74 bits per heavy atom. The molecule has 0 amide bonds. The molecule has 19 heavy (non-hydrogen) atoms. The number of rotatable bonds is 5. The van der Waals surface area contributed by atoms with Crippen LogP contribution in [0.3, 0.4) is 0 Å². The Balaban J connectivity index is 1.69. The van der Waals surface area contributed by atoms with Gasteiger partial charge in [0.15, 0.2) is 0 Å². The summed E-state index contributed by atoms with van der Waals surface area (Å²) in [5.41, 5.74) is -1.10. The molecule has 1 aromatic rings. The molecular weight excluding hydrogens is 243 g/mol. The fourth-order valence-electron chi connectivity index (χ4n) is 2.49. The molecule has 0 saturated carbocycles. The molecule has 2 heterocycles. The maximum atomic E-state index is 13.6. The quantitative estimate of drug-likeness (QED) is 0.819. The second-order valence-electron chi connectivity index (χ2n) is 5.94. The number of pyridine rings is 1. The summed E-state index contributed by atoms with van der Waals surface area (Å²) in [6, 6.07) is 3.80. The molecule has 4 heteroatoms. The first-order chi connectivity index (χ1) is 9.03. The number of halogens is 1. The van der Waals surface area contributed by atoms with E-state index < -0.39 is 5.67 Å². The highest BCUT2D eigenvalue weighted by atomic mass is 19.1. The lowest BCUT2D eigenvalue weighted by Crippen LogP contribution is -2.41. The fourth-order valence-corrected chi connectivity index (χ4v) is 2.49. The molecule has 0 N–H and O–H groups in total. The van der Waals surface area contributed by atoms with Gasteiger partial charge in [0.1, 0.15) is 11.4 Å². The lowest BCUT2D eigenvalue weighted by atomic mass is 9.97. The van der Waals surface area contributed by atoms with Crippen molar-refractivity contribution in [3.63, 3.8) is 0 Å². The summed E-state index contributed by atoms with van der Waals surface area (Å²) in [5, 5.41) is 0. The van der Waals surface area contributed by atoms with E-state index in [-0.39, 0.29) is 0 Å². The molecule has 0 atom stereocenters. The highest BCUT2D eigenvalue weighted by Gasteiger charge is 2.25. The minimum absolute atomic E-state index is 0.531. The number of nitrogens with zero attached hydrogens (tertiary/aromatic N) is 2. The van der Waals surface area contributed by atoms with Crippen molar-refractivity contribution in [3.8, 4) is 5.75 Å². The van der Waals surface area contributed by atoms with Gasteiger partial charge < -0.3 is 9.64 Å². The zero-order valence-corrected chi connectivity index (χ0v) is 11.8. The van der Waals surface area contributed by atoms with Crippen LogP contribution in [0.25, 0.3) is 0 Å². The lowest BCUT2D eigenvalue weighted by molar-refractivity contribution is 0.0836. The molecule has 0 radical (unpaired) electrons. The summed E-state index contributed by atoms with van der Waals surface area (Å²) in [4.78, 5) is 6.23. The molecule has 1 fully saturated rings. The Morgan fingerprint density at radius 2 is 2.16 bits per heavy atom. The van der Waals surface area contributed by atoms with E-state index >= 15 is 0 Å². The molecule has 0 aliphatic carbocycles. The highest BCUT2D eigenvalue weighted by Crippen LogP contribution is 2.21. The third-order valence-corrected chi connectivity index (χ3v) is 3.43. The minimum Gasteiger partial charge on any atom is -0.492 e. The van der Waals surface area contributed by atoms with E-state index in [1.165, 1.54) is 0 Å². The number of aromatic nitrogens is 1. The van der Waals surface area contributed by atoms with Crippen molar-refractivity contribution in [2.45, 2.75) is 32.4 Å². The number of piperidine rings is 1. The van der Waals surface area contributed by atoms with Crippen LogP contribution in [0.2, 0.25) is 0 Å². The topological polar surface area (TPSA) is 25.4 Å². The van der Waals surface area contributed by atoms with Crippen LogP contribution in [0.4, 0.5) is 4.39 Å².